The van der Waals surface area contributed by atoms with Crippen molar-refractivity contribution in [1.29, 1.82) is 5.26 Å². The number of nitriles is 1. The van der Waals surface area contributed by atoms with E-state index in [0.29, 0.717) is 11.4 Å². The van der Waals surface area contributed by atoms with Gasteiger partial charge in [-0.1, -0.05) is 66.8 Å². The quantitative estimate of drug-likeness (QED) is 0.533. The van der Waals surface area contributed by atoms with Crippen molar-refractivity contribution >= 4 is 28.7 Å². The Morgan fingerprint density at radius 1 is 1.20 bits per heavy atom. The van der Waals surface area contributed by atoms with Crippen molar-refractivity contribution in [3.8, 4) is 16.6 Å². The minimum absolute atomic E-state index is 0.374. The number of nitrogens with two attached hydrogens (primary N) is 1. The first-order valence-corrected chi connectivity index (χ1v) is 10.5. The van der Waals surface area contributed by atoms with E-state index < -0.39 is 0 Å². The Labute approximate surface area is 180 Å². The molecular weight excluding hydrogens is 390 g/mol. The van der Waals surface area contributed by atoms with E-state index in [1.54, 1.807) is 6.21 Å². The standard InChI is InChI=1S/C24H23N5S/c1-4-8-19(21-12-11-16(2)13-20(21)14-25)15-27-22(26)17(3)23-28-29-24(30-23)18-9-6-5-7-10-18/h5-13,15H,4,26H2,1-3H3/b19-8-,22-17+,27-15-. The Balaban J connectivity index is 1.90. The van der Waals surface area contributed by atoms with E-state index in [1.165, 1.54) is 11.3 Å². The van der Waals surface area contributed by atoms with Gasteiger partial charge in [-0.15, -0.1) is 10.2 Å². The Hall–Kier alpha value is -3.56. The SMILES string of the molecule is CC/C=C(/C=N\C(N)=C(/C)c1nnc(-c2ccccc2)s1)c1ccc(C)cc1C#N. The number of nitrogens with zero attached hydrogens (tertiary/aromatic N) is 4. The van der Waals surface area contributed by atoms with Gasteiger partial charge < -0.3 is 5.73 Å². The van der Waals surface area contributed by atoms with Gasteiger partial charge in [0.1, 0.15) is 15.8 Å². The van der Waals surface area contributed by atoms with Crippen LogP contribution in [0.1, 0.15) is 42.0 Å². The van der Waals surface area contributed by atoms with Gasteiger partial charge in [-0.25, -0.2) is 4.99 Å². The lowest BCUT2D eigenvalue weighted by Crippen LogP contribution is -2.00. The minimum atomic E-state index is 0.374. The monoisotopic (exact) mass is 413 g/mol. The molecule has 0 radical (unpaired) electrons. The van der Waals surface area contributed by atoms with E-state index in [2.05, 4.69) is 21.3 Å². The van der Waals surface area contributed by atoms with Crippen LogP contribution in [0.25, 0.3) is 21.7 Å². The molecule has 0 aliphatic rings. The molecule has 2 aromatic carbocycles. The molecule has 0 unspecified atom stereocenters. The second-order valence-electron chi connectivity index (χ2n) is 6.78. The molecule has 0 saturated carbocycles. The fourth-order valence-electron chi connectivity index (χ4n) is 2.87. The van der Waals surface area contributed by atoms with Gasteiger partial charge >= 0.3 is 0 Å². The molecule has 0 fully saturated rings. The first kappa shape index (κ1) is 21.2. The molecule has 1 aromatic heterocycles. The summed E-state index contributed by atoms with van der Waals surface area (Å²) in [4.78, 5) is 4.47. The molecule has 150 valence electrons. The number of aliphatic imine (C=N–C) groups is 1. The van der Waals surface area contributed by atoms with Gasteiger partial charge in [-0.05, 0) is 37.5 Å². The molecule has 30 heavy (non-hydrogen) atoms. The zero-order chi connectivity index (χ0) is 21.5. The second kappa shape index (κ2) is 9.77. The van der Waals surface area contributed by atoms with E-state index >= 15 is 0 Å². The average Bonchev–Trinajstić information content (AvgIpc) is 3.27. The van der Waals surface area contributed by atoms with Crippen LogP contribution in [-0.2, 0) is 0 Å². The lowest BCUT2D eigenvalue weighted by Gasteiger charge is -2.07. The maximum atomic E-state index is 9.50. The second-order valence-corrected chi connectivity index (χ2v) is 7.75. The van der Waals surface area contributed by atoms with E-state index in [9.17, 15) is 5.26 Å². The summed E-state index contributed by atoms with van der Waals surface area (Å²) in [6.45, 7) is 5.90. The third-order valence-corrected chi connectivity index (χ3v) is 5.62. The predicted molar refractivity (Wildman–Crippen MR) is 125 cm³/mol. The van der Waals surface area contributed by atoms with Crippen molar-refractivity contribution < 1.29 is 0 Å². The summed E-state index contributed by atoms with van der Waals surface area (Å²) in [7, 11) is 0. The van der Waals surface area contributed by atoms with Crippen molar-refractivity contribution in [2.24, 2.45) is 10.7 Å². The van der Waals surface area contributed by atoms with Crippen molar-refractivity contribution in [2.75, 3.05) is 0 Å². The molecule has 1 heterocycles. The molecule has 3 rings (SSSR count). The maximum Gasteiger partial charge on any atom is 0.148 e. The van der Waals surface area contributed by atoms with Gasteiger partial charge in [0.2, 0.25) is 0 Å². The van der Waals surface area contributed by atoms with Crippen LogP contribution in [0.2, 0.25) is 0 Å². The highest BCUT2D eigenvalue weighted by molar-refractivity contribution is 7.15. The number of benzene rings is 2. The minimum Gasteiger partial charge on any atom is -0.383 e. The van der Waals surface area contributed by atoms with Crippen LogP contribution >= 0.6 is 11.3 Å². The van der Waals surface area contributed by atoms with Crippen LogP contribution in [0.3, 0.4) is 0 Å². The van der Waals surface area contributed by atoms with E-state index in [0.717, 1.165) is 44.3 Å². The first-order valence-electron chi connectivity index (χ1n) is 9.64. The van der Waals surface area contributed by atoms with Crippen LogP contribution in [-0.4, -0.2) is 16.4 Å². The van der Waals surface area contributed by atoms with Crippen LogP contribution in [0.4, 0.5) is 0 Å². The molecule has 0 spiro atoms. The van der Waals surface area contributed by atoms with Gasteiger partial charge in [0.15, 0.2) is 0 Å². The van der Waals surface area contributed by atoms with Crippen molar-refractivity contribution in [2.45, 2.75) is 27.2 Å². The smallest absolute Gasteiger partial charge is 0.148 e. The van der Waals surface area contributed by atoms with Crippen LogP contribution < -0.4 is 5.73 Å². The molecule has 0 atom stereocenters. The number of allylic oxidation sites excluding steroid dienone is 3. The molecule has 0 saturated heterocycles. The summed E-state index contributed by atoms with van der Waals surface area (Å²) in [5.41, 5.74) is 11.4. The lowest BCUT2D eigenvalue weighted by molar-refractivity contribution is 1.07. The molecule has 0 aliphatic carbocycles. The third-order valence-electron chi connectivity index (χ3n) is 4.52. The summed E-state index contributed by atoms with van der Waals surface area (Å²) in [6, 6.07) is 18.0. The number of aromatic nitrogens is 2. The highest BCUT2D eigenvalue weighted by atomic mass is 32.1. The third kappa shape index (κ3) is 4.88. The summed E-state index contributed by atoms with van der Waals surface area (Å²) >= 11 is 1.48. The Morgan fingerprint density at radius 2 is 1.97 bits per heavy atom. The molecule has 6 heteroatoms. The molecule has 5 nitrogen and oxygen atoms in total. The van der Waals surface area contributed by atoms with Gasteiger partial charge in [0.25, 0.3) is 0 Å². The molecule has 2 N–H and O–H groups in total. The fraction of sp³-hybridized carbons (Fsp3) is 0.167. The summed E-state index contributed by atoms with van der Waals surface area (Å²) in [5.74, 6) is 0.374. The van der Waals surface area contributed by atoms with E-state index in [-0.39, 0.29) is 0 Å². The Morgan fingerprint density at radius 3 is 2.67 bits per heavy atom. The highest BCUT2D eigenvalue weighted by Gasteiger charge is 2.11. The topological polar surface area (TPSA) is 87.9 Å². The van der Waals surface area contributed by atoms with E-state index in [4.69, 9.17) is 5.73 Å². The van der Waals surface area contributed by atoms with E-state index in [1.807, 2.05) is 75.4 Å². The van der Waals surface area contributed by atoms with Crippen molar-refractivity contribution in [3.63, 3.8) is 0 Å². The Bertz CT molecular complexity index is 1160. The zero-order valence-electron chi connectivity index (χ0n) is 17.3. The molecule has 3 aromatic rings. The zero-order valence-corrected chi connectivity index (χ0v) is 18.1. The summed E-state index contributed by atoms with van der Waals surface area (Å²) < 4.78 is 0. The van der Waals surface area contributed by atoms with Gasteiger partial charge in [0, 0.05) is 22.9 Å². The highest BCUT2D eigenvalue weighted by Crippen LogP contribution is 2.28. The number of aryl methyl sites for hydroxylation is 1. The molecular formula is C24H23N5S. The average molecular weight is 414 g/mol. The summed E-state index contributed by atoms with van der Waals surface area (Å²) in [5, 5.41) is 19.6. The Kier molecular flexibility index (Phi) is 6.89. The first-order chi connectivity index (χ1) is 14.5. The van der Waals surface area contributed by atoms with Gasteiger partial charge in [0.05, 0.1) is 11.6 Å². The van der Waals surface area contributed by atoms with Crippen LogP contribution in [0.15, 0.2) is 65.4 Å². The lowest BCUT2D eigenvalue weighted by atomic mass is 9.98. The summed E-state index contributed by atoms with van der Waals surface area (Å²) in [6.07, 6.45) is 4.57. The van der Waals surface area contributed by atoms with Crippen LogP contribution in [0, 0.1) is 18.3 Å². The largest absolute Gasteiger partial charge is 0.383 e. The van der Waals surface area contributed by atoms with Crippen LogP contribution in [0.5, 0.6) is 0 Å². The maximum absolute atomic E-state index is 9.50. The molecule has 0 amide bonds. The predicted octanol–water partition coefficient (Wildman–Crippen LogP) is 5.60. The van der Waals surface area contributed by atoms with Crippen molar-refractivity contribution in [1.82, 2.24) is 10.2 Å². The van der Waals surface area contributed by atoms with Crippen molar-refractivity contribution in [3.05, 3.63) is 82.1 Å². The normalized spacial score (nSPS) is 12.7. The molecule has 0 bridgehead atoms. The fourth-order valence-corrected chi connectivity index (χ4v) is 3.73. The number of hydrogen-bond donors (Lipinski definition) is 1. The van der Waals surface area contributed by atoms with Gasteiger partial charge in [-0.3, -0.25) is 0 Å². The van der Waals surface area contributed by atoms with Gasteiger partial charge in [-0.2, -0.15) is 5.26 Å². The molecule has 0 aliphatic heterocycles. The number of hydrogen-bond acceptors (Lipinski definition) is 6. The number of rotatable bonds is 6.